The van der Waals surface area contributed by atoms with Crippen molar-refractivity contribution >= 4 is 5.91 Å². The average molecular weight is 252 g/mol. The molecule has 2 atom stereocenters. The van der Waals surface area contributed by atoms with Crippen molar-refractivity contribution in [1.82, 2.24) is 20.0 Å². The SMILES string of the molecule is CC[C@H](C)[C@@H](CN(C)C)NC(=O)c1ccn(C)n1. The van der Waals surface area contributed by atoms with E-state index in [9.17, 15) is 4.79 Å². The third-order valence-electron chi connectivity index (χ3n) is 3.16. The molecule has 0 saturated heterocycles. The highest BCUT2D eigenvalue weighted by Gasteiger charge is 2.20. The van der Waals surface area contributed by atoms with Gasteiger partial charge in [-0.15, -0.1) is 0 Å². The molecule has 18 heavy (non-hydrogen) atoms. The number of carbonyl (C=O) groups is 1. The lowest BCUT2D eigenvalue weighted by atomic mass is 9.98. The largest absolute Gasteiger partial charge is 0.346 e. The van der Waals surface area contributed by atoms with E-state index in [4.69, 9.17) is 0 Å². The van der Waals surface area contributed by atoms with Crippen LogP contribution in [0.3, 0.4) is 0 Å². The number of rotatable bonds is 6. The summed E-state index contributed by atoms with van der Waals surface area (Å²) in [6.45, 7) is 5.14. The summed E-state index contributed by atoms with van der Waals surface area (Å²) in [7, 11) is 5.84. The fraction of sp³-hybridized carbons (Fsp3) is 0.692. The van der Waals surface area contributed by atoms with E-state index in [-0.39, 0.29) is 11.9 Å². The zero-order chi connectivity index (χ0) is 13.7. The zero-order valence-electron chi connectivity index (χ0n) is 12.0. The van der Waals surface area contributed by atoms with Gasteiger partial charge in [-0.05, 0) is 26.1 Å². The van der Waals surface area contributed by atoms with Crippen LogP contribution >= 0.6 is 0 Å². The van der Waals surface area contributed by atoms with Gasteiger partial charge in [0.05, 0.1) is 0 Å². The molecule has 1 heterocycles. The zero-order valence-corrected chi connectivity index (χ0v) is 12.0. The number of likely N-dealkylation sites (N-methyl/N-ethyl adjacent to an activating group) is 1. The Morgan fingerprint density at radius 1 is 1.56 bits per heavy atom. The first kappa shape index (κ1) is 14.7. The number of aromatic nitrogens is 2. The van der Waals surface area contributed by atoms with Crippen LogP contribution in [0.4, 0.5) is 0 Å². The highest BCUT2D eigenvalue weighted by Crippen LogP contribution is 2.09. The summed E-state index contributed by atoms with van der Waals surface area (Å²) in [6, 6.07) is 1.89. The van der Waals surface area contributed by atoms with Gasteiger partial charge in [0.2, 0.25) is 0 Å². The molecule has 0 unspecified atom stereocenters. The third-order valence-corrected chi connectivity index (χ3v) is 3.16. The van der Waals surface area contributed by atoms with Crippen LogP contribution in [-0.2, 0) is 7.05 Å². The number of hydrogen-bond acceptors (Lipinski definition) is 3. The maximum absolute atomic E-state index is 12.1. The Bertz CT molecular complexity index is 386. The van der Waals surface area contributed by atoms with Crippen molar-refractivity contribution in [3.63, 3.8) is 0 Å². The molecule has 5 nitrogen and oxygen atoms in total. The predicted molar refractivity (Wildman–Crippen MR) is 72.5 cm³/mol. The summed E-state index contributed by atoms with van der Waals surface area (Å²) in [5.74, 6) is 0.350. The van der Waals surface area contributed by atoms with Gasteiger partial charge in [-0.2, -0.15) is 5.10 Å². The normalized spacial score (nSPS) is 14.6. The van der Waals surface area contributed by atoms with Gasteiger partial charge in [0.15, 0.2) is 0 Å². The van der Waals surface area contributed by atoms with E-state index in [1.165, 1.54) is 0 Å². The summed E-state index contributed by atoms with van der Waals surface area (Å²) in [5.41, 5.74) is 0.476. The maximum atomic E-state index is 12.1. The second kappa shape index (κ2) is 6.54. The Labute approximate surface area is 109 Å². The highest BCUT2D eigenvalue weighted by molar-refractivity contribution is 5.92. The van der Waals surface area contributed by atoms with Crippen molar-refractivity contribution in [3.8, 4) is 0 Å². The summed E-state index contributed by atoms with van der Waals surface area (Å²) < 4.78 is 1.64. The standard InChI is InChI=1S/C13H24N4O/c1-6-10(2)12(9-16(3)4)14-13(18)11-7-8-17(5)15-11/h7-8,10,12H,6,9H2,1-5H3,(H,14,18)/t10-,12+/m0/s1. The molecule has 1 N–H and O–H groups in total. The maximum Gasteiger partial charge on any atom is 0.272 e. The first-order valence-corrected chi connectivity index (χ1v) is 6.39. The lowest BCUT2D eigenvalue weighted by molar-refractivity contribution is 0.0907. The van der Waals surface area contributed by atoms with E-state index in [0.29, 0.717) is 11.6 Å². The van der Waals surface area contributed by atoms with Gasteiger partial charge in [-0.25, -0.2) is 0 Å². The van der Waals surface area contributed by atoms with Crippen LogP contribution in [-0.4, -0.2) is 47.3 Å². The fourth-order valence-corrected chi connectivity index (χ4v) is 1.82. The van der Waals surface area contributed by atoms with Crippen molar-refractivity contribution in [1.29, 1.82) is 0 Å². The Morgan fingerprint density at radius 3 is 2.67 bits per heavy atom. The van der Waals surface area contributed by atoms with E-state index in [0.717, 1.165) is 13.0 Å². The summed E-state index contributed by atoms with van der Waals surface area (Å²) in [5, 5.41) is 7.19. The Balaban J connectivity index is 2.68. The summed E-state index contributed by atoms with van der Waals surface area (Å²) in [4.78, 5) is 14.2. The van der Waals surface area contributed by atoms with Crippen molar-refractivity contribution in [2.45, 2.75) is 26.3 Å². The number of carbonyl (C=O) groups excluding carboxylic acids is 1. The van der Waals surface area contributed by atoms with E-state index >= 15 is 0 Å². The van der Waals surface area contributed by atoms with E-state index in [1.807, 2.05) is 21.1 Å². The third kappa shape index (κ3) is 4.14. The van der Waals surface area contributed by atoms with Gasteiger partial charge < -0.3 is 10.2 Å². The molecule has 5 heteroatoms. The Hall–Kier alpha value is -1.36. The highest BCUT2D eigenvalue weighted by atomic mass is 16.2. The minimum Gasteiger partial charge on any atom is -0.346 e. The van der Waals surface area contributed by atoms with Gasteiger partial charge in [0, 0.05) is 25.8 Å². The smallest absolute Gasteiger partial charge is 0.272 e. The summed E-state index contributed by atoms with van der Waals surface area (Å²) in [6.07, 6.45) is 2.82. The molecule has 1 aromatic heterocycles. The minimum absolute atomic E-state index is 0.0947. The molecule has 0 aliphatic carbocycles. The molecule has 0 fully saturated rings. The first-order chi connectivity index (χ1) is 8.43. The van der Waals surface area contributed by atoms with Gasteiger partial charge in [-0.3, -0.25) is 9.48 Å². The molecule has 0 aliphatic rings. The lowest BCUT2D eigenvalue weighted by Gasteiger charge is -2.26. The van der Waals surface area contributed by atoms with E-state index in [2.05, 4.69) is 29.2 Å². The van der Waals surface area contributed by atoms with Crippen LogP contribution in [0.15, 0.2) is 12.3 Å². The van der Waals surface area contributed by atoms with Crippen molar-refractivity contribution in [2.75, 3.05) is 20.6 Å². The van der Waals surface area contributed by atoms with Crippen molar-refractivity contribution in [2.24, 2.45) is 13.0 Å². The molecule has 102 valence electrons. The van der Waals surface area contributed by atoms with Gasteiger partial charge in [0.25, 0.3) is 5.91 Å². The van der Waals surface area contributed by atoms with E-state index in [1.54, 1.807) is 16.9 Å². The topological polar surface area (TPSA) is 50.2 Å². The molecule has 0 bridgehead atoms. The number of nitrogens with one attached hydrogen (secondary N) is 1. The predicted octanol–water partition coefficient (Wildman–Crippen LogP) is 1.13. The first-order valence-electron chi connectivity index (χ1n) is 6.39. The van der Waals surface area contributed by atoms with Crippen LogP contribution < -0.4 is 5.32 Å². The van der Waals surface area contributed by atoms with Gasteiger partial charge >= 0.3 is 0 Å². The van der Waals surface area contributed by atoms with Crippen LogP contribution in [0.1, 0.15) is 30.8 Å². The molecule has 0 saturated carbocycles. The molecule has 0 aromatic carbocycles. The molecule has 1 rings (SSSR count). The fourth-order valence-electron chi connectivity index (χ4n) is 1.82. The van der Waals surface area contributed by atoms with Crippen LogP contribution in [0.25, 0.3) is 0 Å². The second-order valence-corrected chi connectivity index (χ2v) is 5.10. The second-order valence-electron chi connectivity index (χ2n) is 5.10. The monoisotopic (exact) mass is 252 g/mol. The quantitative estimate of drug-likeness (QED) is 0.825. The number of hydrogen-bond donors (Lipinski definition) is 1. The molecular formula is C13H24N4O. The van der Waals surface area contributed by atoms with Crippen molar-refractivity contribution < 1.29 is 4.79 Å². The summed E-state index contributed by atoms with van der Waals surface area (Å²) >= 11 is 0. The Morgan fingerprint density at radius 2 is 2.22 bits per heavy atom. The molecule has 0 radical (unpaired) electrons. The number of aryl methyl sites for hydroxylation is 1. The number of nitrogens with zero attached hydrogens (tertiary/aromatic N) is 3. The van der Waals surface area contributed by atoms with Crippen LogP contribution in [0.2, 0.25) is 0 Å². The molecule has 0 spiro atoms. The molecule has 1 amide bonds. The van der Waals surface area contributed by atoms with Crippen molar-refractivity contribution in [3.05, 3.63) is 18.0 Å². The van der Waals surface area contributed by atoms with Gasteiger partial charge in [0.1, 0.15) is 5.69 Å². The van der Waals surface area contributed by atoms with Crippen LogP contribution in [0.5, 0.6) is 0 Å². The molecule has 0 aliphatic heterocycles. The molecular weight excluding hydrogens is 228 g/mol. The average Bonchev–Trinajstić information content (AvgIpc) is 2.73. The minimum atomic E-state index is -0.0947. The Kier molecular flexibility index (Phi) is 5.34. The van der Waals surface area contributed by atoms with Gasteiger partial charge in [-0.1, -0.05) is 20.3 Å². The van der Waals surface area contributed by atoms with E-state index < -0.39 is 0 Å². The number of amides is 1. The van der Waals surface area contributed by atoms with Crippen LogP contribution in [0, 0.1) is 5.92 Å². The lowest BCUT2D eigenvalue weighted by Crippen LogP contribution is -2.45. The molecule has 1 aromatic rings.